The molecule has 0 N–H and O–H groups in total. The van der Waals surface area contributed by atoms with Gasteiger partial charge in [0, 0.05) is 28.0 Å². The molecule has 0 aliphatic carbocycles. The molecule has 0 radical (unpaired) electrons. The Labute approximate surface area is 102 Å². The first-order valence-electron chi connectivity index (χ1n) is 6.73. The summed E-state index contributed by atoms with van der Waals surface area (Å²) in [7, 11) is 0.164. The summed E-state index contributed by atoms with van der Waals surface area (Å²) in [5.41, 5.74) is 2.56. The fraction of sp³-hybridized carbons (Fsp3) is 0.571. The lowest BCUT2D eigenvalue weighted by atomic mass is 10.1. The summed E-state index contributed by atoms with van der Waals surface area (Å²) in [5, 5.41) is 0. The molecule has 0 aromatic rings. The van der Waals surface area contributed by atoms with E-state index < -0.39 is 0 Å². The van der Waals surface area contributed by atoms with Crippen molar-refractivity contribution >= 4 is 9.52 Å². The highest BCUT2D eigenvalue weighted by Crippen LogP contribution is 2.34. The monoisotopic (exact) mass is 233 g/mol. The van der Waals surface area contributed by atoms with Crippen LogP contribution in [0.15, 0.2) is 36.2 Å². The lowest BCUT2D eigenvalue weighted by Crippen LogP contribution is -2.21. The molecule has 2 aliphatic heterocycles. The van der Waals surface area contributed by atoms with Gasteiger partial charge in [-0.15, -0.1) is 0 Å². The molecular weight excluding hydrogens is 210 g/mol. The Morgan fingerprint density at radius 2 is 2.31 bits per heavy atom. The SMILES string of the molecule is CCCCN1C=CC=CC=C1C1CCC[SiH2]1. The minimum atomic E-state index is 0.164. The molecule has 1 nitrogen and oxygen atoms in total. The van der Waals surface area contributed by atoms with Crippen LogP contribution in [0.25, 0.3) is 0 Å². The van der Waals surface area contributed by atoms with Crippen molar-refractivity contribution in [2.45, 2.75) is 44.2 Å². The second-order valence-electron chi connectivity index (χ2n) is 4.85. The van der Waals surface area contributed by atoms with Crippen molar-refractivity contribution < 1.29 is 0 Å². The smallest absolute Gasteiger partial charge is 0.0306 e. The molecule has 0 bridgehead atoms. The molecule has 2 heteroatoms. The maximum Gasteiger partial charge on any atom is 0.0306 e. The maximum absolute atomic E-state index is 2.51. The van der Waals surface area contributed by atoms with Crippen molar-refractivity contribution in [3.8, 4) is 0 Å². The van der Waals surface area contributed by atoms with Crippen LogP contribution >= 0.6 is 0 Å². The highest BCUT2D eigenvalue weighted by molar-refractivity contribution is 6.39. The fourth-order valence-electron chi connectivity index (χ4n) is 2.68. The third-order valence-electron chi connectivity index (χ3n) is 3.61. The van der Waals surface area contributed by atoms with Crippen LogP contribution in [0, 0.1) is 0 Å². The molecule has 2 heterocycles. The highest BCUT2D eigenvalue weighted by atomic mass is 28.2. The molecule has 1 saturated heterocycles. The van der Waals surface area contributed by atoms with Crippen molar-refractivity contribution in [1.29, 1.82) is 0 Å². The number of hydrogen-bond donors (Lipinski definition) is 0. The molecule has 1 fully saturated rings. The zero-order chi connectivity index (χ0) is 11.2. The van der Waals surface area contributed by atoms with E-state index in [0.29, 0.717) is 0 Å². The maximum atomic E-state index is 2.51. The molecule has 0 aromatic carbocycles. The average Bonchev–Trinajstić information content (AvgIpc) is 2.73. The van der Waals surface area contributed by atoms with E-state index in [4.69, 9.17) is 0 Å². The topological polar surface area (TPSA) is 3.24 Å². The van der Waals surface area contributed by atoms with Gasteiger partial charge in [0.15, 0.2) is 0 Å². The standard InChI is InChI=1S/C14H23NSi/c1-2-3-10-15-11-6-4-5-8-13(15)14-9-7-12-16-14/h4-6,8,11,14H,2-3,7,9-10,12,16H2,1H3. The van der Waals surface area contributed by atoms with Gasteiger partial charge >= 0.3 is 0 Å². The third kappa shape index (κ3) is 2.88. The Morgan fingerprint density at radius 3 is 3.06 bits per heavy atom. The van der Waals surface area contributed by atoms with Gasteiger partial charge in [-0.05, 0) is 30.5 Å². The van der Waals surface area contributed by atoms with Gasteiger partial charge in [0.05, 0.1) is 0 Å². The molecule has 0 spiro atoms. The third-order valence-corrected chi connectivity index (χ3v) is 6.04. The van der Waals surface area contributed by atoms with E-state index in [1.54, 1.807) is 11.7 Å². The molecule has 88 valence electrons. The van der Waals surface area contributed by atoms with E-state index in [1.165, 1.54) is 32.2 Å². The zero-order valence-corrected chi connectivity index (χ0v) is 11.8. The van der Waals surface area contributed by atoms with Crippen LogP contribution < -0.4 is 0 Å². The highest BCUT2D eigenvalue weighted by Gasteiger charge is 2.22. The van der Waals surface area contributed by atoms with Gasteiger partial charge < -0.3 is 4.90 Å². The van der Waals surface area contributed by atoms with E-state index in [2.05, 4.69) is 42.3 Å². The van der Waals surface area contributed by atoms with Crippen LogP contribution in [0.4, 0.5) is 0 Å². The first-order valence-corrected chi connectivity index (χ1v) is 8.55. The first kappa shape index (κ1) is 11.7. The van der Waals surface area contributed by atoms with Gasteiger partial charge in [0.2, 0.25) is 0 Å². The van der Waals surface area contributed by atoms with Crippen LogP contribution in [0.3, 0.4) is 0 Å². The van der Waals surface area contributed by atoms with Gasteiger partial charge in [-0.3, -0.25) is 0 Å². The second-order valence-corrected chi connectivity index (χ2v) is 7.12. The quantitative estimate of drug-likeness (QED) is 0.674. The molecule has 2 rings (SSSR count). The van der Waals surface area contributed by atoms with Crippen molar-refractivity contribution in [2.24, 2.45) is 0 Å². The summed E-state index contributed by atoms with van der Waals surface area (Å²) >= 11 is 0. The van der Waals surface area contributed by atoms with Gasteiger partial charge in [-0.25, -0.2) is 0 Å². The first-order chi connectivity index (χ1) is 7.92. The zero-order valence-electron chi connectivity index (χ0n) is 10.4. The van der Waals surface area contributed by atoms with Gasteiger partial charge in [0.25, 0.3) is 0 Å². The van der Waals surface area contributed by atoms with Gasteiger partial charge in [-0.2, -0.15) is 0 Å². The number of hydrogen-bond acceptors (Lipinski definition) is 1. The normalized spacial score (nSPS) is 26.2. The van der Waals surface area contributed by atoms with E-state index in [1.807, 2.05) is 0 Å². The summed E-state index contributed by atoms with van der Waals surface area (Å²) < 4.78 is 0. The summed E-state index contributed by atoms with van der Waals surface area (Å²) in [6.07, 6.45) is 16.7. The molecule has 0 saturated carbocycles. The Bertz CT molecular complexity index is 298. The predicted octanol–water partition coefficient (Wildman–Crippen LogP) is 3.23. The Balaban J connectivity index is 2.06. The van der Waals surface area contributed by atoms with Gasteiger partial charge in [-0.1, -0.05) is 38.0 Å². The molecule has 2 aliphatic rings. The van der Waals surface area contributed by atoms with Crippen molar-refractivity contribution in [3.05, 3.63) is 36.2 Å². The Kier molecular flexibility index (Phi) is 4.46. The van der Waals surface area contributed by atoms with Crippen LogP contribution in [-0.4, -0.2) is 21.0 Å². The minimum absolute atomic E-state index is 0.164. The summed E-state index contributed by atoms with van der Waals surface area (Å²) in [6, 6.07) is 1.55. The van der Waals surface area contributed by atoms with E-state index in [-0.39, 0.29) is 9.52 Å². The fourth-order valence-corrected chi connectivity index (χ4v) is 4.99. The Hall–Kier alpha value is -0.763. The number of unbranched alkanes of at least 4 members (excludes halogenated alkanes) is 1. The molecule has 1 unspecified atom stereocenters. The van der Waals surface area contributed by atoms with E-state index >= 15 is 0 Å². The summed E-state index contributed by atoms with van der Waals surface area (Å²) in [5.74, 6) is 0. The van der Waals surface area contributed by atoms with Crippen LogP contribution in [0.1, 0.15) is 32.6 Å². The number of allylic oxidation sites excluding steroid dienone is 5. The van der Waals surface area contributed by atoms with Crippen molar-refractivity contribution in [2.75, 3.05) is 6.54 Å². The second kappa shape index (κ2) is 6.09. The largest absolute Gasteiger partial charge is 0.351 e. The van der Waals surface area contributed by atoms with Crippen molar-refractivity contribution in [3.63, 3.8) is 0 Å². The predicted molar refractivity (Wildman–Crippen MR) is 74.3 cm³/mol. The molecular formula is C14H23NSi. The van der Waals surface area contributed by atoms with Gasteiger partial charge in [0.1, 0.15) is 0 Å². The molecule has 1 atom stereocenters. The van der Waals surface area contributed by atoms with E-state index in [9.17, 15) is 0 Å². The Morgan fingerprint density at radius 1 is 1.38 bits per heavy atom. The lowest BCUT2D eigenvalue weighted by Gasteiger charge is -2.27. The van der Waals surface area contributed by atoms with Crippen LogP contribution in [0.2, 0.25) is 11.6 Å². The molecule has 0 amide bonds. The van der Waals surface area contributed by atoms with Crippen LogP contribution in [-0.2, 0) is 0 Å². The number of rotatable bonds is 4. The van der Waals surface area contributed by atoms with Crippen LogP contribution in [0.5, 0.6) is 0 Å². The number of nitrogens with zero attached hydrogens (tertiary/aromatic N) is 1. The minimum Gasteiger partial charge on any atom is -0.351 e. The molecule has 0 aromatic heterocycles. The summed E-state index contributed by atoms with van der Waals surface area (Å²) in [4.78, 5) is 2.51. The van der Waals surface area contributed by atoms with Crippen molar-refractivity contribution in [1.82, 2.24) is 4.90 Å². The van der Waals surface area contributed by atoms with E-state index in [0.717, 1.165) is 5.54 Å². The lowest BCUT2D eigenvalue weighted by molar-refractivity contribution is 0.431. The summed E-state index contributed by atoms with van der Waals surface area (Å²) in [6.45, 7) is 3.47. The average molecular weight is 233 g/mol. The molecule has 16 heavy (non-hydrogen) atoms.